The van der Waals surface area contributed by atoms with E-state index in [0.717, 1.165) is 11.8 Å². The number of H-pyrrole nitrogens is 1. The van der Waals surface area contributed by atoms with E-state index in [9.17, 15) is 14.0 Å². The molecule has 0 bridgehead atoms. The molecule has 1 aromatic heterocycles. The normalized spacial score (nSPS) is 10.2. The fourth-order valence-electron chi connectivity index (χ4n) is 2.19. The van der Waals surface area contributed by atoms with Crippen LogP contribution in [0.15, 0.2) is 27.9 Å². The van der Waals surface area contributed by atoms with Crippen molar-refractivity contribution >= 4 is 23.4 Å². The molecule has 0 atom stereocenters. The number of aromatic nitrogens is 1. The maximum absolute atomic E-state index is 13.3. The first-order chi connectivity index (χ1) is 10.9. The Morgan fingerprint density at radius 2 is 2.09 bits per heavy atom. The SMILES string of the molecule is CSc1c(C(=O)Nc2ccc(F)c(C)c2)c(C)[nH]c(=O)c1C#N. The van der Waals surface area contributed by atoms with Gasteiger partial charge in [0.1, 0.15) is 17.4 Å². The van der Waals surface area contributed by atoms with Gasteiger partial charge in [-0.25, -0.2) is 4.39 Å². The number of nitriles is 1. The van der Waals surface area contributed by atoms with Crippen LogP contribution in [0.3, 0.4) is 0 Å². The van der Waals surface area contributed by atoms with Crippen LogP contribution in [0.2, 0.25) is 0 Å². The summed E-state index contributed by atoms with van der Waals surface area (Å²) in [6, 6.07) is 6.05. The first-order valence-electron chi connectivity index (χ1n) is 6.67. The van der Waals surface area contributed by atoms with Crippen molar-refractivity contribution in [2.24, 2.45) is 0 Å². The van der Waals surface area contributed by atoms with Gasteiger partial charge in [-0.2, -0.15) is 5.26 Å². The number of halogens is 1. The Labute approximate surface area is 136 Å². The molecule has 1 aromatic carbocycles. The van der Waals surface area contributed by atoms with Gasteiger partial charge in [-0.05, 0) is 43.9 Å². The van der Waals surface area contributed by atoms with Crippen LogP contribution in [0.5, 0.6) is 0 Å². The van der Waals surface area contributed by atoms with Crippen LogP contribution in [-0.4, -0.2) is 17.1 Å². The van der Waals surface area contributed by atoms with E-state index in [4.69, 9.17) is 5.26 Å². The lowest BCUT2D eigenvalue weighted by Gasteiger charge is -2.12. The Balaban J connectivity index is 2.49. The minimum Gasteiger partial charge on any atom is -0.324 e. The number of hydrogen-bond donors (Lipinski definition) is 2. The highest BCUT2D eigenvalue weighted by molar-refractivity contribution is 7.98. The first kappa shape index (κ1) is 16.8. The smallest absolute Gasteiger partial charge is 0.267 e. The number of hydrogen-bond acceptors (Lipinski definition) is 4. The summed E-state index contributed by atoms with van der Waals surface area (Å²) in [6.07, 6.45) is 1.69. The summed E-state index contributed by atoms with van der Waals surface area (Å²) >= 11 is 1.16. The summed E-state index contributed by atoms with van der Waals surface area (Å²) < 4.78 is 13.3. The molecule has 118 valence electrons. The molecule has 0 aliphatic heterocycles. The second kappa shape index (κ2) is 6.67. The number of aryl methyl sites for hydroxylation is 2. The summed E-state index contributed by atoms with van der Waals surface area (Å²) in [5.74, 6) is -0.828. The van der Waals surface area contributed by atoms with Gasteiger partial charge in [-0.3, -0.25) is 9.59 Å². The third-order valence-corrected chi connectivity index (χ3v) is 4.13. The van der Waals surface area contributed by atoms with E-state index in [1.165, 1.54) is 18.2 Å². The summed E-state index contributed by atoms with van der Waals surface area (Å²) in [4.78, 5) is 27.2. The molecule has 1 amide bonds. The Morgan fingerprint density at radius 1 is 1.39 bits per heavy atom. The van der Waals surface area contributed by atoms with E-state index in [-0.39, 0.29) is 16.9 Å². The maximum Gasteiger partial charge on any atom is 0.267 e. The van der Waals surface area contributed by atoms with Gasteiger partial charge < -0.3 is 10.3 Å². The largest absolute Gasteiger partial charge is 0.324 e. The van der Waals surface area contributed by atoms with Gasteiger partial charge in [-0.15, -0.1) is 11.8 Å². The Bertz CT molecular complexity index is 884. The third-order valence-electron chi connectivity index (χ3n) is 3.32. The Kier molecular flexibility index (Phi) is 4.86. The van der Waals surface area contributed by atoms with E-state index < -0.39 is 11.5 Å². The van der Waals surface area contributed by atoms with Gasteiger partial charge in [0.2, 0.25) is 0 Å². The number of pyridine rings is 1. The zero-order valence-corrected chi connectivity index (χ0v) is 13.6. The first-order valence-corrected chi connectivity index (χ1v) is 7.90. The molecule has 0 aliphatic carbocycles. The lowest BCUT2D eigenvalue weighted by Crippen LogP contribution is -2.22. The molecule has 0 saturated heterocycles. The molecule has 0 fully saturated rings. The maximum atomic E-state index is 13.3. The minimum atomic E-state index is -0.525. The van der Waals surface area contributed by atoms with Crippen molar-refractivity contribution in [3.05, 3.63) is 56.8 Å². The fourth-order valence-corrected chi connectivity index (χ4v) is 2.98. The van der Waals surface area contributed by atoms with Crippen molar-refractivity contribution in [2.75, 3.05) is 11.6 Å². The van der Waals surface area contributed by atoms with Crippen LogP contribution < -0.4 is 10.9 Å². The van der Waals surface area contributed by atoms with E-state index in [1.807, 2.05) is 6.07 Å². The van der Waals surface area contributed by atoms with Gasteiger partial charge in [0.15, 0.2) is 0 Å². The second-order valence-electron chi connectivity index (χ2n) is 4.89. The molecule has 0 spiro atoms. The zero-order chi connectivity index (χ0) is 17.1. The van der Waals surface area contributed by atoms with E-state index in [0.29, 0.717) is 21.8 Å². The molecule has 2 rings (SSSR count). The minimum absolute atomic E-state index is 0.0939. The molecule has 23 heavy (non-hydrogen) atoms. The number of thioether (sulfide) groups is 1. The van der Waals surface area contributed by atoms with Crippen molar-refractivity contribution in [1.82, 2.24) is 4.98 Å². The second-order valence-corrected chi connectivity index (χ2v) is 5.71. The summed E-state index contributed by atoms with van der Waals surface area (Å²) in [7, 11) is 0. The number of benzene rings is 1. The van der Waals surface area contributed by atoms with Gasteiger partial charge in [-0.1, -0.05) is 0 Å². The highest BCUT2D eigenvalue weighted by Gasteiger charge is 2.21. The van der Waals surface area contributed by atoms with Crippen molar-refractivity contribution in [2.45, 2.75) is 18.7 Å². The summed E-state index contributed by atoms with van der Waals surface area (Å²) in [5, 5.41) is 11.8. The zero-order valence-electron chi connectivity index (χ0n) is 12.8. The van der Waals surface area contributed by atoms with E-state index >= 15 is 0 Å². The summed E-state index contributed by atoms with van der Waals surface area (Å²) in [6.45, 7) is 3.18. The molecule has 2 aromatic rings. The predicted octanol–water partition coefficient (Wildman–Crippen LogP) is 2.98. The van der Waals surface area contributed by atoms with Crippen molar-refractivity contribution in [3.63, 3.8) is 0 Å². The number of aromatic amines is 1. The number of nitrogens with zero attached hydrogens (tertiary/aromatic N) is 1. The van der Waals surface area contributed by atoms with Crippen molar-refractivity contribution < 1.29 is 9.18 Å². The molecule has 0 aliphatic rings. The number of rotatable bonds is 3. The van der Waals surface area contributed by atoms with Crippen LogP contribution in [0.1, 0.15) is 27.2 Å². The number of anilines is 1. The van der Waals surface area contributed by atoms with Crippen LogP contribution in [0.25, 0.3) is 0 Å². The Hall–Kier alpha value is -2.59. The predicted molar refractivity (Wildman–Crippen MR) is 87.4 cm³/mol. The molecule has 2 N–H and O–H groups in total. The Morgan fingerprint density at radius 3 is 2.65 bits per heavy atom. The third kappa shape index (κ3) is 3.27. The average molecular weight is 331 g/mol. The molecule has 7 heteroatoms. The number of carbonyl (C=O) groups is 1. The van der Waals surface area contributed by atoms with Crippen LogP contribution >= 0.6 is 11.8 Å². The molecular formula is C16H14FN3O2S. The number of amides is 1. The van der Waals surface area contributed by atoms with E-state index in [2.05, 4.69) is 10.3 Å². The standard InChI is InChI=1S/C16H14FN3O2S/c1-8-6-10(4-5-12(8)17)20-16(22)13-9(2)19-15(21)11(7-18)14(13)23-3/h4-6H,1-3H3,(H,19,21)(H,20,22). The number of carbonyl (C=O) groups excluding carboxylic acids is 1. The van der Waals surface area contributed by atoms with Gasteiger partial charge in [0, 0.05) is 16.3 Å². The molecule has 0 unspecified atom stereocenters. The lowest BCUT2D eigenvalue weighted by molar-refractivity contribution is 0.102. The van der Waals surface area contributed by atoms with Crippen molar-refractivity contribution in [3.8, 4) is 6.07 Å². The highest BCUT2D eigenvalue weighted by Crippen LogP contribution is 2.25. The monoisotopic (exact) mass is 331 g/mol. The van der Waals surface area contributed by atoms with E-state index in [1.54, 1.807) is 20.1 Å². The number of nitrogens with one attached hydrogen (secondary N) is 2. The quantitative estimate of drug-likeness (QED) is 0.847. The lowest BCUT2D eigenvalue weighted by atomic mass is 10.1. The highest BCUT2D eigenvalue weighted by atomic mass is 32.2. The van der Waals surface area contributed by atoms with Gasteiger partial charge >= 0.3 is 0 Å². The van der Waals surface area contributed by atoms with Crippen molar-refractivity contribution in [1.29, 1.82) is 5.26 Å². The molecule has 1 heterocycles. The van der Waals surface area contributed by atoms with Gasteiger partial charge in [0.05, 0.1) is 5.56 Å². The average Bonchev–Trinajstić information content (AvgIpc) is 2.50. The van der Waals surface area contributed by atoms with Crippen LogP contribution in [0, 0.1) is 31.0 Å². The molecular weight excluding hydrogens is 317 g/mol. The fraction of sp³-hybridized carbons (Fsp3) is 0.188. The molecule has 0 radical (unpaired) electrons. The van der Waals surface area contributed by atoms with Gasteiger partial charge in [0.25, 0.3) is 11.5 Å². The molecule has 5 nitrogen and oxygen atoms in total. The van der Waals surface area contributed by atoms with Crippen LogP contribution in [-0.2, 0) is 0 Å². The summed E-state index contributed by atoms with van der Waals surface area (Å²) in [5.41, 5.74) is 0.825. The van der Waals surface area contributed by atoms with Crippen LogP contribution in [0.4, 0.5) is 10.1 Å². The topological polar surface area (TPSA) is 85.8 Å². The molecule has 0 saturated carbocycles.